The van der Waals surface area contributed by atoms with Gasteiger partial charge in [0.1, 0.15) is 0 Å². The Kier molecular flexibility index (Phi) is 8.19. The van der Waals surface area contributed by atoms with Crippen molar-refractivity contribution in [1.29, 1.82) is 0 Å². The van der Waals surface area contributed by atoms with Gasteiger partial charge < -0.3 is 8.61 Å². The molecular weight excluding hydrogens is 402 g/mol. The first-order valence-electron chi connectivity index (χ1n) is 7.18. The molecule has 0 N–H and O–H groups in total. The molecule has 14 heteroatoms. The van der Waals surface area contributed by atoms with E-state index < -0.39 is 31.1 Å². The second-order valence-electron chi connectivity index (χ2n) is 5.77. The van der Waals surface area contributed by atoms with E-state index >= 15 is 0 Å². The molecule has 0 bridgehead atoms. The number of rotatable bonds is 4. The summed E-state index contributed by atoms with van der Waals surface area (Å²) in [5.74, 6) is 0. The molecule has 152 valence electrons. The van der Waals surface area contributed by atoms with Crippen LogP contribution in [0.3, 0.4) is 0 Å². The molecule has 25 heavy (non-hydrogen) atoms. The van der Waals surface area contributed by atoms with Crippen molar-refractivity contribution in [3.63, 3.8) is 0 Å². The van der Waals surface area contributed by atoms with Crippen LogP contribution in [0, 0.1) is 0 Å². The molecule has 0 spiro atoms. The quantitative estimate of drug-likeness (QED) is 0.515. The van der Waals surface area contributed by atoms with E-state index in [0.717, 1.165) is 4.13 Å². The van der Waals surface area contributed by atoms with E-state index in [1.54, 1.807) is 0 Å². The number of hydrogen-bond donors (Lipinski definition) is 0. The van der Waals surface area contributed by atoms with Crippen molar-refractivity contribution in [2.24, 2.45) is 0 Å². The zero-order valence-corrected chi connectivity index (χ0v) is 15.2. The van der Waals surface area contributed by atoms with E-state index in [-0.39, 0.29) is 0 Å². The summed E-state index contributed by atoms with van der Waals surface area (Å²) in [6.45, 7) is 6.53. The summed E-state index contributed by atoms with van der Waals surface area (Å²) >= 11 is 0. The molecule has 0 unspecified atom stereocenters. The van der Waals surface area contributed by atoms with Gasteiger partial charge >= 0.3 is 11.0 Å². The standard InChI is InChI=1S/C9H20N.C2F6NO4S2/c1-3-7-10(2)8-5-4-6-9-10;3-1(4,5)14(10,11)9-15(12,13)2(6,7)8/h3-9H2,1-2H3;/q+1;-1. The molecule has 0 aliphatic carbocycles. The van der Waals surface area contributed by atoms with Crippen LogP contribution in [0.2, 0.25) is 0 Å². The molecule has 0 aromatic heterocycles. The number of hydrogen-bond acceptors (Lipinski definition) is 4. The maximum Gasteiger partial charge on any atom is 0.480 e. The van der Waals surface area contributed by atoms with Gasteiger partial charge in [-0.15, -0.1) is 0 Å². The third-order valence-electron chi connectivity index (χ3n) is 3.44. The van der Waals surface area contributed by atoms with E-state index in [9.17, 15) is 43.2 Å². The second-order valence-corrected chi connectivity index (χ2v) is 9.19. The highest BCUT2D eigenvalue weighted by molar-refractivity contribution is 8.13. The van der Waals surface area contributed by atoms with Gasteiger partial charge in [0.15, 0.2) is 20.0 Å². The number of sulfonamides is 2. The highest BCUT2D eigenvalue weighted by Crippen LogP contribution is 2.36. The average Bonchev–Trinajstić information content (AvgIpc) is 2.36. The van der Waals surface area contributed by atoms with Gasteiger partial charge in [0, 0.05) is 0 Å². The van der Waals surface area contributed by atoms with Gasteiger partial charge in [0.25, 0.3) is 0 Å². The third kappa shape index (κ3) is 7.66. The average molecular weight is 422 g/mol. The Labute approximate surface area is 142 Å². The van der Waals surface area contributed by atoms with Gasteiger partial charge in [-0.25, -0.2) is 16.8 Å². The third-order valence-corrected chi connectivity index (χ3v) is 6.18. The molecule has 0 aromatic carbocycles. The van der Waals surface area contributed by atoms with Crippen molar-refractivity contribution in [2.45, 2.75) is 43.6 Å². The number of alkyl halides is 6. The summed E-state index contributed by atoms with van der Waals surface area (Å²) in [7, 11) is -11.0. The van der Waals surface area contributed by atoms with Crippen LogP contribution < -0.4 is 0 Å². The zero-order valence-electron chi connectivity index (χ0n) is 13.6. The van der Waals surface area contributed by atoms with Gasteiger partial charge in [-0.05, 0) is 25.7 Å². The number of piperidine rings is 1. The van der Waals surface area contributed by atoms with Crippen LogP contribution in [0.4, 0.5) is 26.3 Å². The topological polar surface area (TPSA) is 82.4 Å². The van der Waals surface area contributed by atoms with Gasteiger partial charge in [0.05, 0.1) is 26.7 Å². The van der Waals surface area contributed by atoms with Crippen LogP contribution in [0.25, 0.3) is 4.13 Å². The van der Waals surface area contributed by atoms with Crippen molar-refractivity contribution in [3.05, 3.63) is 4.13 Å². The summed E-state index contributed by atoms with van der Waals surface area (Å²) in [5, 5.41) is 0. The normalized spacial score (nSPS) is 19.0. The van der Waals surface area contributed by atoms with Gasteiger partial charge in [-0.2, -0.15) is 26.3 Å². The number of nitrogens with zero attached hydrogens (tertiary/aromatic N) is 2. The molecule has 0 atom stereocenters. The Morgan fingerprint density at radius 3 is 1.48 bits per heavy atom. The maximum atomic E-state index is 11.4. The Bertz CT molecular complexity index is 574. The summed E-state index contributed by atoms with van der Waals surface area (Å²) < 4.78 is 111. The minimum absolute atomic E-state index is 0.778. The second kappa shape index (κ2) is 8.39. The molecule has 1 aliphatic rings. The monoisotopic (exact) mass is 422 g/mol. The van der Waals surface area contributed by atoms with Crippen LogP contribution in [0.1, 0.15) is 32.6 Å². The summed E-state index contributed by atoms with van der Waals surface area (Å²) in [6, 6.07) is 0. The van der Waals surface area contributed by atoms with E-state index in [1.165, 1.54) is 49.8 Å². The Balaban J connectivity index is 0.000000496. The molecule has 0 amide bonds. The molecule has 1 heterocycles. The van der Waals surface area contributed by atoms with E-state index in [4.69, 9.17) is 0 Å². The Morgan fingerprint density at radius 2 is 1.20 bits per heavy atom. The van der Waals surface area contributed by atoms with Crippen LogP contribution in [0.5, 0.6) is 0 Å². The first-order valence-corrected chi connectivity index (χ1v) is 10.1. The summed E-state index contributed by atoms with van der Waals surface area (Å²) in [6.07, 6.45) is 5.72. The molecule has 0 radical (unpaired) electrons. The fraction of sp³-hybridized carbons (Fsp3) is 1.00. The van der Waals surface area contributed by atoms with Gasteiger partial charge in [-0.3, -0.25) is 0 Å². The van der Waals surface area contributed by atoms with Crippen LogP contribution in [-0.4, -0.2) is 59.0 Å². The fourth-order valence-electron chi connectivity index (χ4n) is 2.25. The minimum Gasteiger partial charge on any atom is -0.421 e. The lowest BCUT2D eigenvalue weighted by Crippen LogP contribution is -2.48. The van der Waals surface area contributed by atoms with Gasteiger partial charge in [0.2, 0.25) is 0 Å². The summed E-state index contributed by atoms with van der Waals surface area (Å²) in [5.41, 5.74) is -12.4. The Hall–Kier alpha value is -0.600. The fourth-order valence-corrected chi connectivity index (χ4v) is 3.96. The van der Waals surface area contributed by atoms with Crippen LogP contribution >= 0.6 is 0 Å². The van der Waals surface area contributed by atoms with Crippen molar-refractivity contribution >= 4 is 20.0 Å². The molecule has 1 fully saturated rings. The van der Waals surface area contributed by atoms with Crippen molar-refractivity contribution in [1.82, 2.24) is 0 Å². The number of quaternary nitrogens is 1. The molecule has 1 rings (SSSR count). The smallest absolute Gasteiger partial charge is 0.421 e. The molecule has 1 aliphatic heterocycles. The maximum absolute atomic E-state index is 11.4. The van der Waals surface area contributed by atoms with Gasteiger partial charge in [-0.1, -0.05) is 6.92 Å². The summed E-state index contributed by atoms with van der Waals surface area (Å²) in [4.78, 5) is 0. The largest absolute Gasteiger partial charge is 0.480 e. The Morgan fingerprint density at radius 1 is 0.840 bits per heavy atom. The molecule has 0 aromatic rings. The zero-order chi connectivity index (χ0) is 20.2. The van der Waals surface area contributed by atoms with E-state index in [2.05, 4.69) is 14.0 Å². The first kappa shape index (κ1) is 24.4. The predicted octanol–water partition coefficient (Wildman–Crippen LogP) is 3.09. The van der Waals surface area contributed by atoms with Crippen molar-refractivity contribution in [3.8, 4) is 0 Å². The van der Waals surface area contributed by atoms with Crippen LogP contribution in [0.15, 0.2) is 0 Å². The number of halogens is 6. The van der Waals surface area contributed by atoms with Crippen molar-refractivity contribution < 1.29 is 47.7 Å². The highest BCUT2D eigenvalue weighted by atomic mass is 32.3. The highest BCUT2D eigenvalue weighted by Gasteiger charge is 2.46. The minimum atomic E-state index is -6.72. The molecular formula is C11H20F6N2O4S2. The molecule has 0 saturated carbocycles. The van der Waals surface area contributed by atoms with E-state index in [0.29, 0.717) is 0 Å². The lowest BCUT2D eigenvalue weighted by atomic mass is 10.1. The molecule has 6 nitrogen and oxygen atoms in total. The lowest BCUT2D eigenvalue weighted by molar-refractivity contribution is -0.914. The van der Waals surface area contributed by atoms with E-state index in [1.807, 2.05) is 0 Å². The van der Waals surface area contributed by atoms with Crippen LogP contribution in [-0.2, 0) is 20.0 Å². The SMILES string of the molecule is CCC[N+]1(C)CCCCC1.O=S(=O)([N-]S(=O)(=O)C(F)(F)F)C(F)(F)F. The molecule has 1 saturated heterocycles. The van der Waals surface area contributed by atoms with Crippen molar-refractivity contribution in [2.75, 3.05) is 26.7 Å². The number of likely N-dealkylation sites (tertiary alicyclic amines) is 1. The first-order chi connectivity index (χ1) is 11.0. The predicted molar refractivity (Wildman–Crippen MR) is 78.2 cm³/mol. The lowest BCUT2D eigenvalue weighted by Gasteiger charge is -2.37.